The van der Waals surface area contributed by atoms with Gasteiger partial charge in [0.05, 0.1) is 10.4 Å². The number of benzene rings is 3. The molecule has 8 heteroatoms. The van der Waals surface area contributed by atoms with Crippen molar-refractivity contribution in [3.8, 4) is 0 Å². The second kappa shape index (κ2) is 7.97. The van der Waals surface area contributed by atoms with Gasteiger partial charge in [-0.2, -0.15) is 4.52 Å². The number of fused-ring (bicyclic) bond motifs is 3. The highest BCUT2D eigenvalue weighted by molar-refractivity contribution is 7.91. The number of aromatic nitrogens is 4. The standard InChI is InChI=1S/C25H23N5O2S/c1-16-13-14-20(15-17(16)2)33(31,32)25-24-27-23(26-18(3)19-9-5-4-6-10-19)21-11-7-8-12-22(21)30(24)29-28-25/h4-15,18H,1-3H3,(H,26,27)/t18-/m0/s1. The normalized spacial score (nSPS) is 12.8. The first-order valence-electron chi connectivity index (χ1n) is 10.6. The van der Waals surface area contributed by atoms with E-state index in [0.717, 1.165) is 27.6 Å². The third kappa shape index (κ3) is 3.62. The van der Waals surface area contributed by atoms with Gasteiger partial charge in [-0.1, -0.05) is 53.7 Å². The van der Waals surface area contributed by atoms with Crippen molar-refractivity contribution in [2.45, 2.75) is 36.7 Å². The van der Waals surface area contributed by atoms with Crippen LogP contribution in [0.1, 0.15) is 29.7 Å². The van der Waals surface area contributed by atoms with Crippen LogP contribution in [0, 0.1) is 13.8 Å². The van der Waals surface area contributed by atoms with E-state index in [1.807, 2.05) is 75.4 Å². The third-order valence-electron chi connectivity index (χ3n) is 5.92. The number of para-hydroxylation sites is 1. The van der Waals surface area contributed by atoms with Crippen LogP contribution in [0.4, 0.5) is 5.82 Å². The first kappa shape index (κ1) is 21.1. The number of hydrogen-bond acceptors (Lipinski definition) is 6. The van der Waals surface area contributed by atoms with Crippen LogP contribution in [0.5, 0.6) is 0 Å². The fourth-order valence-corrected chi connectivity index (χ4v) is 5.17. The van der Waals surface area contributed by atoms with Gasteiger partial charge in [0.1, 0.15) is 5.82 Å². The van der Waals surface area contributed by atoms with E-state index in [0.29, 0.717) is 5.82 Å². The van der Waals surface area contributed by atoms with Crippen LogP contribution in [0.15, 0.2) is 82.7 Å². The zero-order valence-corrected chi connectivity index (χ0v) is 19.3. The molecule has 1 N–H and O–H groups in total. The molecule has 5 aromatic rings. The molecule has 0 aliphatic heterocycles. The van der Waals surface area contributed by atoms with Gasteiger partial charge in [-0.15, -0.1) is 5.10 Å². The van der Waals surface area contributed by atoms with Crippen LogP contribution >= 0.6 is 0 Å². The van der Waals surface area contributed by atoms with E-state index in [9.17, 15) is 8.42 Å². The van der Waals surface area contributed by atoms with Crippen LogP contribution in [0.3, 0.4) is 0 Å². The Labute approximate surface area is 192 Å². The van der Waals surface area contributed by atoms with Crippen LogP contribution in [-0.4, -0.2) is 28.2 Å². The first-order valence-corrected chi connectivity index (χ1v) is 12.1. The molecule has 0 saturated carbocycles. The largest absolute Gasteiger partial charge is 0.363 e. The quantitative estimate of drug-likeness (QED) is 0.404. The highest BCUT2D eigenvalue weighted by atomic mass is 32.2. The second-order valence-corrected chi connectivity index (χ2v) is 10.00. The number of nitrogens with zero attached hydrogens (tertiary/aromatic N) is 4. The predicted octanol–water partition coefficient (Wildman–Crippen LogP) is 4.90. The summed E-state index contributed by atoms with van der Waals surface area (Å²) in [7, 11) is -3.91. The van der Waals surface area contributed by atoms with Crippen molar-refractivity contribution < 1.29 is 8.42 Å². The molecule has 0 saturated heterocycles. The number of sulfone groups is 1. The molecule has 0 bridgehead atoms. The summed E-state index contributed by atoms with van der Waals surface area (Å²) in [5, 5.41) is 12.3. The van der Waals surface area contributed by atoms with Crippen LogP contribution in [0.25, 0.3) is 16.6 Å². The van der Waals surface area contributed by atoms with Crippen molar-refractivity contribution in [2.24, 2.45) is 0 Å². The Morgan fingerprint density at radius 3 is 2.39 bits per heavy atom. The molecule has 0 radical (unpaired) electrons. The van der Waals surface area contributed by atoms with Gasteiger partial charge in [0, 0.05) is 11.4 Å². The lowest BCUT2D eigenvalue weighted by molar-refractivity contribution is 0.592. The van der Waals surface area contributed by atoms with E-state index in [1.165, 1.54) is 4.52 Å². The highest BCUT2D eigenvalue weighted by Crippen LogP contribution is 2.30. The molecule has 2 heterocycles. The van der Waals surface area contributed by atoms with Gasteiger partial charge < -0.3 is 5.32 Å². The Balaban J connectivity index is 1.69. The van der Waals surface area contributed by atoms with E-state index in [2.05, 4.69) is 15.6 Å². The van der Waals surface area contributed by atoms with Crippen molar-refractivity contribution in [2.75, 3.05) is 5.32 Å². The predicted molar refractivity (Wildman–Crippen MR) is 128 cm³/mol. The smallest absolute Gasteiger partial charge is 0.229 e. The molecular weight excluding hydrogens is 434 g/mol. The fourth-order valence-electron chi connectivity index (χ4n) is 3.85. The summed E-state index contributed by atoms with van der Waals surface area (Å²) >= 11 is 0. The molecule has 0 aliphatic carbocycles. The average Bonchev–Trinajstić information content (AvgIpc) is 3.26. The molecule has 5 rings (SSSR count). The van der Waals surface area contributed by atoms with Crippen molar-refractivity contribution in [3.05, 3.63) is 89.5 Å². The lowest BCUT2D eigenvalue weighted by atomic mass is 10.1. The average molecular weight is 458 g/mol. The van der Waals surface area contributed by atoms with Crippen LogP contribution < -0.4 is 5.32 Å². The van der Waals surface area contributed by atoms with Gasteiger partial charge in [-0.3, -0.25) is 0 Å². The first-order chi connectivity index (χ1) is 15.9. The van der Waals surface area contributed by atoms with Gasteiger partial charge in [-0.25, -0.2) is 13.4 Å². The minimum atomic E-state index is -3.91. The minimum absolute atomic E-state index is 0.0414. The molecule has 1 atom stereocenters. The number of hydrogen-bond donors (Lipinski definition) is 1. The number of rotatable bonds is 5. The van der Waals surface area contributed by atoms with Crippen LogP contribution in [-0.2, 0) is 9.84 Å². The molecule has 0 fully saturated rings. The van der Waals surface area contributed by atoms with Crippen molar-refractivity contribution >= 4 is 32.2 Å². The maximum Gasteiger partial charge on any atom is 0.229 e. The molecule has 7 nitrogen and oxygen atoms in total. The lowest BCUT2D eigenvalue weighted by Crippen LogP contribution is -2.10. The van der Waals surface area contributed by atoms with E-state index >= 15 is 0 Å². The molecule has 0 amide bonds. The number of nitrogens with one attached hydrogen (secondary N) is 1. The lowest BCUT2D eigenvalue weighted by Gasteiger charge is -2.17. The second-order valence-electron chi connectivity index (χ2n) is 8.13. The SMILES string of the molecule is Cc1ccc(S(=O)(=O)c2nnn3c2nc(N[C@@H](C)c2ccccc2)c2ccccc23)cc1C. The zero-order chi connectivity index (χ0) is 23.2. The third-order valence-corrected chi connectivity index (χ3v) is 7.57. The number of anilines is 1. The van der Waals surface area contributed by atoms with Crippen molar-refractivity contribution in [1.82, 2.24) is 19.8 Å². The van der Waals surface area contributed by atoms with Crippen molar-refractivity contribution in [3.63, 3.8) is 0 Å². The summed E-state index contributed by atoms with van der Waals surface area (Å²) in [6.07, 6.45) is 0. The fraction of sp³-hybridized carbons (Fsp3) is 0.160. The van der Waals surface area contributed by atoms with Crippen molar-refractivity contribution in [1.29, 1.82) is 0 Å². The van der Waals surface area contributed by atoms with Gasteiger partial charge in [0.2, 0.25) is 14.9 Å². The highest BCUT2D eigenvalue weighted by Gasteiger charge is 2.27. The summed E-state index contributed by atoms with van der Waals surface area (Å²) < 4.78 is 28.5. The Morgan fingerprint density at radius 2 is 1.64 bits per heavy atom. The Bertz CT molecular complexity index is 1590. The molecule has 0 unspecified atom stereocenters. The maximum atomic E-state index is 13.5. The zero-order valence-electron chi connectivity index (χ0n) is 18.5. The molecule has 0 aliphatic rings. The van der Waals surface area contributed by atoms with E-state index < -0.39 is 9.84 Å². The van der Waals surface area contributed by atoms with Gasteiger partial charge in [0.15, 0.2) is 5.65 Å². The summed E-state index contributed by atoms with van der Waals surface area (Å²) in [4.78, 5) is 4.88. The van der Waals surface area contributed by atoms with Crippen LogP contribution in [0.2, 0.25) is 0 Å². The molecule has 3 aromatic carbocycles. The molecule has 166 valence electrons. The van der Waals surface area contributed by atoms with E-state index in [1.54, 1.807) is 18.2 Å². The molecule has 0 spiro atoms. The summed E-state index contributed by atoms with van der Waals surface area (Å²) in [5.41, 5.74) is 3.92. The molecular formula is C25H23N5O2S. The number of aryl methyl sites for hydroxylation is 2. The summed E-state index contributed by atoms with van der Waals surface area (Å²) in [6.45, 7) is 5.87. The molecule has 33 heavy (non-hydrogen) atoms. The van der Waals surface area contributed by atoms with E-state index in [-0.39, 0.29) is 21.6 Å². The van der Waals surface area contributed by atoms with Gasteiger partial charge >= 0.3 is 0 Å². The Hall–Kier alpha value is -3.78. The van der Waals surface area contributed by atoms with E-state index in [4.69, 9.17) is 4.98 Å². The Morgan fingerprint density at radius 1 is 0.909 bits per heavy atom. The Kier molecular flexibility index (Phi) is 5.09. The topological polar surface area (TPSA) is 89.2 Å². The monoisotopic (exact) mass is 457 g/mol. The maximum absolute atomic E-state index is 13.5. The molecule has 2 aromatic heterocycles. The minimum Gasteiger partial charge on any atom is -0.363 e. The van der Waals surface area contributed by atoms with Gasteiger partial charge in [-0.05, 0) is 61.7 Å². The summed E-state index contributed by atoms with van der Waals surface area (Å²) in [5.74, 6) is 0.577. The summed E-state index contributed by atoms with van der Waals surface area (Å²) in [6, 6.07) is 22.6. The van der Waals surface area contributed by atoms with Gasteiger partial charge in [0.25, 0.3) is 0 Å².